The summed E-state index contributed by atoms with van der Waals surface area (Å²) in [4.78, 5) is 10.4. The molecule has 1 aromatic carbocycles. The van der Waals surface area contributed by atoms with Crippen LogP contribution in [0.2, 0.25) is 0 Å². The van der Waals surface area contributed by atoms with Crippen LogP contribution in [0.1, 0.15) is 24.0 Å². The zero-order valence-electron chi connectivity index (χ0n) is 8.83. The van der Waals surface area contributed by atoms with Gasteiger partial charge < -0.3 is 5.11 Å². The highest BCUT2D eigenvalue weighted by Crippen LogP contribution is 2.36. The number of hydrogen-bond acceptors (Lipinski definition) is 1. The average Bonchev–Trinajstić information content (AvgIpc) is 2.25. The first-order valence-electron chi connectivity index (χ1n) is 4.78. The lowest BCUT2D eigenvalue weighted by molar-refractivity contribution is -0.145. The molecule has 0 heterocycles. The lowest BCUT2D eigenvalue weighted by atomic mass is 9.91. The normalized spacial score (nSPS) is 15.4. The molecule has 6 heteroatoms. The molecular formula is C11H10F4O2. The van der Waals surface area contributed by atoms with E-state index in [-0.39, 0.29) is 5.56 Å². The van der Waals surface area contributed by atoms with E-state index in [4.69, 9.17) is 5.11 Å². The monoisotopic (exact) mass is 250 g/mol. The van der Waals surface area contributed by atoms with Gasteiger partial charge in [0, 0.05) is 5.92 Å². The third-order valence-corrected chi connectivity index (χ3v) is 2.43. The van der Waals surface area contributed by atoms with Gasteiger partial charge in [0.15, 0.2) is 0 Å². The van der Waals surface area contributed by atoms with Crippen LogP contribution in [-0.4, -0.2) is 17.2 Å². The van der Waals surface area contributed by atoms with E-state index in [1.165, 1.54) is 12.1 Å². The number of carboxylic acid groups (broad SMARTS) is 1. The molecule has 0 radical (unpaired) electrons. The van der Waals surface area contributed by atoms with E-state index in [9.17, 15) is 22.4 Å². The third-order valence-electron chi connectivity index (χ3n) is 2.43. The Balaban J connectivity index is 3.18. The van der Waals surface area contributed by atoms with Gasteiger partial charge >= 0.3 is 12.1 Å². The predicted octanol–water partition coefficient (Wildman–Crippen LogP) is 3.23. The van der Waals surface area contributed by atoms with Crippen LogP contribution in [0, 0.1) is 0 Å². The summed E-state index contributed by atoms with van der Waals surface area (Å²) in [6.07, 6.45) is -6.98. The molecule has 0 aromatic heterocycles. The van der Waals surface area contributed by atoms with Crippen LogP contribution in [0.4, 0.5) is 17.6 Å². The second-order valence-electron chi connectivity index (χ2n) is 3.61. The number of halogens is 4. The van der Waals surface area contributed by atoms with Crippen molar-refractivity contribution < 1.29 is 27.5 Å². The molecule has 0 aliphatic rings. The van der Waals surface area contributed by atoms with Gasteiger partial charge in [-0.25, -0.2) is 9.18 Å². The minimum atomic E-state index is -4.62. The summed E-state index contributed by atoms with van der Waals surface area (Å²) in [5.41, 5.74) is -1.36. The molecule has 1 N–H and O–H groups in total. The number of benzene rings is 1. The molecule has 2 nitrogen and oxygen atoms in total. The Morgan fingerprint density at radius 2 is 1.82 bits per heavy atom. The second kappa shape index (κ2) is 4.73. The van der Waals surface area contributed by atoms with Crippen LogP contribution in [0.3, 0.4) is 0 Å². The predicted molar refractivity (Wildman–Crippen MR) is 52.4 cm³/mol. The topological polar surface area (TPSA) is 37.3 Å². The average molecular weight is 250 g/mol. The van der Waals surface area contributed by atoms with Crippen LogP contribution in [-0.2, 0) is 11.0 Å². The first-order chi connectivity index (χ1) is 7.75. The van der Waals surface area contributed by atoms with Crippen molar-refractivity contribution in [3.05, 3.63) is 35.4 Å². The molecule has 1 rings (SSSR count). The molecule has 94 valence electrons. The number of carbonyl (C=O) groups is 1. The number of rotatable bonds is 3. The van der Waals surface area contributed by atoms with Crippen molar-refractivity contribution in [2.75, 3.05) is 0 Å². The molecular weight excluding hydrogens is 240 g/mol. The Hall–Kier alpha value is -1.59. The van der Waals surface area contributed by atoms with Crippen molar-refractivity contribution in [2.45, 2.75) is 25.2 Å². The Morgan fingerprint density at radius 1 is 1.29 bits per heavy atom. The molecule has 0 fully saturated rings. The molecule has 2 atom stereocenters. The van der Waals surface area contributed by atoms with Crippen LogP contribution < -0.4 is 0 Å². The molecule has 0 amide bonds. The van der Waals surface area contributed by atoms with Gasteiger partial charge in [0.25, 0.3) is 0 Å². The lowest BCUT2D eigenvalue weighted by Gasteiger charge is -2.19. The SMILES string of the molecule is CC(c1ccccc1C(F)(F)F)C(F)C(=O)O. The first-order valence-corrected chi connectivity index (χ1v) is 4.78. The maximum absolute atomic E-state index is 13.2. The summed E-state index contributed by atoms with van der Waals surface area (Å²) in [5, 5.41) is 8.45. The van der Waals surface area contributed by atoms with Gasteiger partial charge in [0.05, 0.1) is 5.56 Å². The van der Waals surface area contributed by atoms with Gasteiger partial charge in [-0.15, -0.1) is 0 Å². The van der Waals surface area contributed by atoms with Gasteiger partial charge in [0.1, 0.15) is 0 Å². The van der Waals surface area contributed by atoms with Crippen molar-refractivity contribution in [1.29, 1.82) is 0 Å². The zero-order valence-corrected chi connectivity index (χ0v) is 8.83. The van der Waals surface area contributed by atoms with Crippen LogP contribution in [0.25, 0.3) is 0 Å². The summed E-state index contributed by atoms with van der Waals surface area (Å²) >= 11 is 0. The van der Waals surface area contributed by atoms with Crippen LogP contribution in [0.15, 0.2) is 24.3 Å². The zero-order chi connectivity index (χ0) is 13.2. The molecule has 1 aromatic rings. The van der Waals surface area contributed by atoms with E-state index < -0.39 is 29.8 Å². The summed E-state index contributed by atoms with van der Waals surface area (Å²) in [5.74, 6) is -3.13. The Morgan fingerprint density at radius 3 is 2.29 bits per heavy atom. The fourth-order valence-electron chi connectivity index (χ4n) is 1.52. The number of aliphatic carboxylic acids is 1. The quantitative estimate of drug-likeness (QED) is 0.836. The number of carboxylic acids is 1. The van der Waals surface area contributed by atoms with Gasteiger partial charge in [0.2, 0.25) is 6.17 Å². The molecule has 0 aliphatic carbocycles. The van der Waals surface area contributed by atoms with E-state index in [1.807, 2.05) is 0 Å². The van der Waals surface area contributed by atoms with Crippen molar-refractivity contribution in [3.8, 4) is 0 Å². The highest BCUT2D eigenvalue weighted by molar-refractivity contribution is 5.73. The van der Waals surface area contributed by atoms with E-state index in [2.05, 4.69) is 0 Å². The Kier molecular flexibility index (Phi) is 3.75. The largest absolute Gasteiger partial charge is 0.479 e. The smallest absolute Gasteiger partial charge is 0.416 e. The summed E-state index contributed by atoms with van der Waals surface area (Å²) in [6.45, 7) is 1.11. The van der Waals surface area contributed by atoms with E-state index >= 15 is 0 Å². The fraction of sp³-hybridized carbons (Fsp3) is 0.364. The minimum Gasteiger partial charge on any atom is -0.479 e. The van der Waals surface area contributed by atoms with Crippen molar-refractivity contribution in [2.24, 2.45) is 0 Å². The molecule has 0 saturated carbocycles. The summed E-state index contributed by atoms with van der Waals surface area (Å²) in [7, 11) is 0. The third kappa shape index (κ3) is 2.95. The maximum Gasteiger partial charge on any atom is 0.416 e. The van der Waals surface area contributed by atoms with Gasteiger partial charge in [-0.2, -0.15) is 13.2 Å². The van der Waals surface area contributed by atoms with E-state index in [0.717, 1.165) is 19.1 Å². The maximum atomic E-state index is 13.2. The molecule has 0 saturated heterocycles. The molecule has 0 bridgehead atoms. The van der Waals surface area contributed by atoms with Crippen LogP contribution >= 0.6 is 0 Å². The van der Waals surface area contributed by atoms with Gasteiger partial charge in [-0.05, 0) is 11.6 Å². The lowest BCUT2D eigenvalue weighted by Crippen LogP contribution is -2.23. The van der Waals surface area contributed by atoms with E-state index in [1.54, 1.807) is 0 Å². The Bertz CT molecular complexity index is 414. The highest BCUT2D eigenvalue weighted by atomic mass is 19.4. The fourth-order valence-corrected chi connectivity index (χ4v) is 1.52. The standard InChI is InChI=1S/C11H10F4O2/c1-6(9(12)10(16)17)7-4-2-3-5-8(7)11(13,14)15/h2-6,9H,1H3,(H,16,17). The summed E-state index contributed by atoms with van der Waals surface area (Å²) in [6, 6.07) is 4.38. The molecule has 0 spiro atoms. The van der Waals surface area contributed by atoms with Crippen LogP contribution in [0.5, 0.6) is 0 Å². The first kappa shape index (κ1) is 13.5. The minimum absolute atomic E-state index is 0.352. The van der Waals surface area contributed by atoms with E-state index in [0.29, 0.717) is 0 Å². The van der Waals surface area contributed by atoms with Crippen molar-refractivity contribution in [1.82, 2.24) is 0 Å². The number of hydrogen-bond donors (Lipinski definition) is 1. The second-order valence-corrected chi connectivity index (χ2v) is 3.61. The Labute approximate surface area is 94.9 Å². The highest BCUT2D eigenvalue weighted by Gasteiger charge is 2.37. The molecule has 0 aliphatic heterocycles. The molecule has 17 heavy (non-hydrogen) atoms. The van der Waals surface area contributed by atoms with Gasteiger partial charge in [-0.3, -0.25) is 0 Å². The number of alkyl halides is 4. The van der Waals surface area contributed by atoms with Crippen molar-refractivity contribution in [3.63, 3.8) is 0 Å². The summed E-state index contributed by atoms with van der Waals surface area (Å²) < 4.78 is 51.0. The molecule has 2 unspecified atom stereocenters. The van der Waals surface area contributed by atoms with Crippen molar-refractivity contribution >= 4 is 5.97 Å². The van der Waals surface area contributed by atoms with Gasteiger partial charge in [-0.1, -0.05) is 25.1 Å².